The first-order valence-electron chi connectivity index (χ1n) is 23.7. The third-order valence-electron chi connectivity index (χ3n) is 11.1. The highest BCUT2D eigenvalue weighted by Gasteiger charge is 2.04. The van der Waals surface area contributed by atoms with Crippen molar-refractivity contribution in [3.05, 3.63) is 0 Å². The molecule has 2 N–H and O–H groups in total. The van der Waals surface area contributed by atoms with Crippen LogP contribution in [0.5, 0.6) is 0 Å². The summed E-state index contributed by atoms with van der Waals surface area (Å²) in [5.41, 5.74) is 0. The lowest BCUT2D eigenvalue weighted by Gasteiger charge is -2.08. The molecule has 0 saturated carbocycles. The third-order valence-corrected chi connectivity index (χ3v) is 11.1. The van der Waals surface area contributed by atoms with Gasteiger partial charge in [0.05, 0.1) is 6.67 Å². The third kappa shape index (κ3) is 45.0. The fourth-order valence-electron chi connectivity index (χ4n) is 7.50. The lowest BCUT2D eigenvalue weighted by Crippen LogP contribution is -2.37. The van der Waals surface area contributed by atoms with Gasteiger partial charge in [-0.15, -0.1) is 0 Å². The number of carbonyl (C=O) groups excluding carboxylic acids is 2. The van der Waals surface area contributed by atoms with Gasteiger partial charge in [0.1, 0.15) is 0 Å². The monoisotopic (exact) mass is 719 g/mol. The molecule has 0 aliphatic rings. The highest BCUT2D eigenvalue weighted by atomic mass is 16.2. The molecule has 0 aliphatic carbocycles. The zero-order valence-electron chi connectivity index (χ0n) is 35.2. The van der Waals surface area contributed by atoms with E-state index in [1.54, 1.807) is 0 Å². The molecule has 0 unspecified atom stereocenters. The van der Waals surface area contributed by atoms with Crippen molar-refractivity contribution in [1.82, 2.24) is 10.6 Å². The molecule has 0 spiro atoms. The van der Waals surface area contributed by atoms with Gasteiger partial charge >= 0.3 is 0 Å². The molecule has 304 valence electrons. The van der Waals surface area contributed by atoms with Crippen LogP contribution in [0.15, 0.2) is 0 Å². The fourth-order valence-corrected chi connectivity index (χ4v) is 7.50. The number of hydrogen-bond acceptors (Lipinski definition) is 2. The SMILES string of the molecule is CCCCCCCCCCCCCCCCCCCCCCC(=O)NCNC(=O)CCCCCCCCCCCCCCCCCCCCCC. The smallest absolute Gasteiger partial charge is 0.221 e. The van der Waals surface area contributed by atoms with Gasteiger partial charge in [0.2, 0.25) is 11.8 Å². The van der Waals surface area contributed by atoms with Crippen LogP contribution in [-0.4, -0.2) is 18.5 Å². The summed E-state index contributed by atoms with van der Waals surface area (Å²) in [7, 11) is 0. The first-order valence-corrected chi connectivity index (χ1v) is 23.7. The minimum Gasteiger partial charge on any atom is -0.339 e. The van der Waals surface area contributed by atoms with Gasteiger partial charge in [-0.1, -0.05) is 258 Å². The molecule has 0 radical (unpaired) electrons. The summed E-state index contributed by atoms with van der Waals surface area (Å²) in [4.78, 5) is 24.2. The quantitative estimate of drug-likeness (QED) is 0.0487. The Labute approximate surface area is 321 Å². The summed E-state index contributed by atoms with van der Waals surface area (Å²) in [6.45, 7) is 4.86. The van der Waals surface area contributed by atoms with Gasteiger partial charge in [-0.2, -0.15) is 0 Å². The van der Waals surface area contributed by atoms with Crippen LogP contribution in [0, 0.1) is 0 Å². The van der Waals surface area contributed by atoms with Crippen molar-refractivity contribution in [1.29, 1.82) is 0 Å². The van der Waals surface area contributed by atoms with E-state index < -0.39 is 0 Å². The Kier molecular flexibility index (Phi) is 44.2. The van der Waals surface area contributed by atoms with Crippen LogP contribution in [0.25, 0.3) is 0 Å². The van der Waals surface area contributed by atoms with Crippen molar-refractivity contribution in [2.75, 3.05) is 6.67 Å². The maximum absolute atomic E-state index is 12.1. The lowest BCUT2D eigenvalue weighted by atomic mass is 10.0. The molecule has 0 aromatic heterocycles. The van der Waals surface area contributed by atoms with Crippen LogP contribution in [0.1, 0.15) is 284 Å². The molecule has 0 aliphatic heterocycles. The predicted octanol–water partition coefficient (Wildman–Crippen LogP) is 15.6. The van der Waals surface area contributed by atoms with Gasteiger partial charge in [-0.05, 0) is 12.8 Å². The minimum absolute atomic E-state index is 0.0662. The Balaban J connectivity index is 3.24. The molecule has 0 aromatic carbocycles. The number of carbonyl (C=O) groups is 2. The molecule has 4 nitrogen and oxygen atoms in total. The molecule has 51 heavy (non-hydrogen) atoms. The summed E-state index contributed by atoms with van der Waals surface area (Å²) >= 11 is 0. The second kappa shape index (κ2) is 45.1. The maximum Gasteiger partial charge on any atom is 0.221 e. The zero-order valence-corrected chi connectivity index (χ0v) is 35.2. The normalized spacial score (nSPS) is 11.3. The fraction of sp³-hybridized carbons (Fsp3) is 0.957. The van der Waals surface area contributed by atoms with Crippen LogP contribution in [0.4, 0.5) is 0 Å². The molecular weight excluding hydrogens is 625 g/mol. The van der Waals surface area contributed by atoms with E-state index in [1.165, 1.54) is 231 Å². The molecule has 0 saturated heterocycles. The van der Waals surface area contributed by atoms with E-state index in [9.17, 15) is 9.59 Å². The van der Waals surface area contributed by atoms with E-state index in [0.29, 0.717) is 12.8 Å². The molecule has 0 fully saturated rings. The average Bonchev–Trinajstić information content (AvgIpc) is 3.13. The Bertz CT molecular complexity index is 625. The first-order chi connectivity index (χ1) is 25.2. The van der Waals surface area contributed by atoms with Crippen LogP contribution in [-0.2, 0) is 9.59 Å². The van der Waals surface area contributed by atoms with Gasteiger partial charge in [0, 0.05) is 12.8 Å². The highest BCUT2D eigenvalue weighted by molar-refractivity contribution is 5.78. The standard InChI is InChI=1S/C47H94N2O2/c1-3-5-7-9-11-13-15-17-19-21-23-25-27-29-31-33-35-37-39-41-43-46(50)48-45-49-47(51)44-42-40-38-36-34-32-30-28-26-24-22-20-18-16-14-12-10-8-6-4-2/h3-45H2,1-2H3,(H,48,50)(H,49,51). The van der Waals surface area contributed by atoms with Gasteiger partial charge in [-0.3, -0.25) is 9.59 Å². The molecule has 0 atom stereocenters. The van der Waals surface area contributed by atoms with Crippen LogP contribution < -0.4 is 10.6 Å². The van der Waals surface area contributed by atoms with Crippen molar-refractivity contribution in [2.24, 2.45) is 0 Å². The molecule has 0 rings (SSSR count). The Hall–Kier alpha value is -1.06. The number of amides is 2. The predicted molar refractivity (Wildman–Crippen MR) is 226 cm³/mol. The van der Waals surface area contributed by atoms with E-state index in [0.717, 1.165) is 25.7 Å². The van der Waals surface area contributed by atoms with Crippen LogP contribution in [0.2, 0.25) is 0 Å². The average molecular weight is 719 g/mol. The van der Waals surface area contributed by atoms with Gasteiger partial charge in [0.25, 0.3) is 0 Å². The van der Waals surface area contributed by atoms with E-state index >= 15 is 0 Å². The second-order valence-electron chi connectivity index (χ2n) is 16.3. The minimum atomic E-state index is 0.0662. The summed E-state index contributed by atoms with van der Waals surface area (Å²) < 4.78 is 0. The molecular formula is C47H94N2O2. The van der Waals surface area contributed by atoms with Gasteiger partial charge < -0.3 is 10.6 Å². The Morgan fingerprint density at radius 1 is 0.255 bits per heavy atom. The summed E-state index contributed by atoms with van der Waals surface area (Å²) in [6, 6.07) is 0. The topological polar surface area (TPSA) is 58.2 Å². The van der Waals surface area contributed by atoms with Crippen molar-refractivity contribution < 1.29 is 9.59 Å². The summed E-state index contributed by atoms with van der Waals surface area (Å²) in [6.07, 6.45) is 55.9. The number of hydrogen-bond donors (Lipinski definition) is 2. The Morgan fingerprint density at radius 3 is 0.588 bits per heavy atom. The molecule has 0 aromatic rings. The van der Waals surface area contributed by atoms with E-state index in [2.05, 4.69) is 24.5 Å². The maximum atomic E-state index is 12.1. The molecule has 0 bridgehead atoms. The number of nitrogens with one attached hydrogen (secondary N) is 2. The first kappa shape index (κ1) is 49.9. The van der Waals surface area contributed by atoms with Crippen molar-refractivity contribution >= 4 is 11.8 Å². The van der Waals surface area contributed by atoms with E-state index in [4.69, 9.17) is 0 Å². The van der Waals surface area contributed by atoms with Crippen LogP contribution in [0.3, 0.4) is 0 Å². The van der Waals surface area contributed by atoms with Crippen molar-refractivity contribution in [3.63, 3.8) is 0 Å². The molecule has 0 heterocycles. The molecule has 4 heteroatoms. The second-order valence-corrected chi connectivity index (χ2v) is 16.3. The zero-order chi connectivity index (χ0) is 37.0. The number of unbranched alkanes of at least 4 members (excludes halogenated alkanes) is 38. The summed E-state index contributed by atoms with van der Waals surface area (Å²) in [5.74, 6) is 0.132. The van der Waals surface area contributed by atoms with Gasteiger partial charge in [-0.25, -0.2) is 0 Å². The van der Waals surface area contributed by atoms with E-state index in [-0.39, 0.29) is 18.5 Å². The van der Waals surface area contributed by atoms with Crippen molar-refractivity contribution in [2.45, 2.75) is 284 Å². The van der Waals surface area contributed by atoms with Crippen LogP contribution >= 0.6 is 0 Å². The lowest BCUT2D eigenvalue weighted by molar-refractivity contribution is -0.123. The van der Waals surface area contributed by atoms with E-state index in [1.807, 2.05) is 0 Å². The number of rotatable bonds is 44. The van der Waals surface area contributed by atoms with Gasteiger partial charge in [0.15, 0.2) is 0 Å². The summed E-state index contributed by atoms with van der Waals surface area (Å²) in [5, 5.41) is 5.73. The van der Waals surface area contributed by atoms with Crippen molar-refractivity contribution in [3.8, 4) is 0 Å². The molecule has 2 amide bonds. The highest BCUT2D eigenvalue weighted by Crippen LogP contribution is 2.17. The Morgan fingerprint density at radius 2 is 0.412 bits per heavy atom. The largest absolute Gasteiger partial charge is 0.339 e.